The monoisotopic (exact) mass is 409 g/mol. The average molecular weight is 409 g/mol. The van der Waals surface area contributed by atoms with E-state index in [1.54, 1.807) is 48.5 Å². The third-order valence-electron chi connectivity index (χ3n) is 5.23. The predicted molar refractivity (Wildman–Crippen MR) is 113 cm³/mol. The van der Waals surface area contributed by atoms with Crippen molar-refractivity contribution in [3.05, 3.63) is 69.4 Å². The zero-order valence-corrected chi connectivity index (χ0v) is 16.7. The van der Waals surface area contributed by atoms with Gasteiger partial charge in [-0.25, -0.2) is 4.79 Å². The summed E-state index contributed by atoms with van der Waals surface area (Å²) >= 11 is 0. The van der Waals surface area contributed by atoms with Crippen LogP contribution in [0.3, 0.4) is 0 Å². The number of ether oxygens (including phenoxy) is 2. The van der Waals surface area contributed by atoms with Crippen molar-refractivity contribution < 1.29 is 14.3 Å². The van der Waals surface area contributed by atoms with Gasteiger partial charge in [-0.3, -0.25) is 18.7 Å². The molecule has 0 bridgehead atoms. The van der Waals surface area contributed by atoms with Crippen molar-refractivity contribution in [2.24, 2.45) is 0 Å². The van der Waals surface area contributed by atoms with Gasteiger partial charge in [-0.2, -0.15) is 0 Å². The van der Waals surface area contributed by atoms with Gasteiger partial charge in [0.2, 0.25) is 5.91 Å². The topological polar surface area (TPSA) is 91.6 Å². The number of rotatable bonds is 6. The lowest BCUT2D eigenvalue weighted by molar-refractivity contribution is -0.116. The highest BCUT2D eigenvalue weighted by molar-refractivity contribution is 5.93. The number of nitrogens with zero attached hydrogens (tertiary/aromatic N) is 2. The van der Waals surface area contributed by atoms with Crippen LogP contribution in [0, 0.1) is 0 Å². The molecule has 8 nitrogen and oxygen atoms in total. The Bertz CT molecular complexity index is 1190. The second kappa shape index (κ2) is 8.54. The van der Waals surface area contributed by atoms with Crippen LogP contribution in [0.15, 0.2) is 58.1 Å². The number of nitrogens with one attached hydrogen (secondary N) is 1. The number of hydrogen-bond donors (Lipinski definition) is 1. The molecule has 0 aliphatic carbocycles. The standard InChI is InChI=1S/C22H23N3O5/c1-29-19-11-5-3-9-17(19)23-20(26)14-24-18-10-4-2-8-16(18)21(27)25(22(24)28)13-15-7-6-12-30-15/h2-5,8-11,15H,6-7,12-14H2,1H3,(H,23,26)/t15-/m0/s1. The quantitative estimate of drug-likeness (QED) is 0.672. The number of fused-ring (bicyclic) bond motifs is 1. The summed E-state index contributed by atoms with van der Waals surface area (Å²) in [7, 11) is 1.52. The Kier molecular flexibility index (Phi) is 5.67. The minimum absolute atomic E-state index is 0.174. The van der Waals surface area contributed by atoms with E-state index in [0.717, 1.165) is 12.8 Å². The van der Waals surface area contributed by atoms with Crippen LogP contribution in [0.2, 0.25) is 0 Å². The summed E-state index contributed by atoms with van der Waals surface area (Å²) in [6.45, 7) is 0.572. The highest BCUT2D eigenvalue weighted by Crippen LogP contribution is 2.23. The Morgan fingerprint density at radius 2 is 1.90 bits per heavy atom. The number of carbonyl (C=O) groups is 1. The van der Waals surface area contributed by atoms with Crippen LogP contribution >= 0.6 is 0 Å². The molecule has 0 unspecified atom stereocenters. The normalized spacial score (nSPS) is 16.0. The summed E-state index contributed by atoms with van der Waals surface area (Å²) in [5.41, 5.74) is 0.0400. The van der Waals surface area contributed by atoms with Gasteiger partial charge >= 0.3 is 5.69 Å². The Balaban J connectivity index is 1.71. The van der Waals surface area contributed by atoms with Crippen LogP contribution in [0.5, 0.6) is 5.75 Å². The van der Waals surface area contributed by atoms with Crippen LogP contribution in [-0.4, -0.2) is 34.9 Å². The van der Waals surface area contributed by atoms with Gasteiger partial charge in [-0.05, 0) is 37.1 Å². The van der Waals surface area contributed by atoms with Crippen LogP contribution < -0.4 is 21.3 Å². The molecular formula is C22H23N3O5. The van der Waals surface area contributed by atoms with Gasteiger partial charge in [0.05, 0.1) is 36.3 Å². The number of anilines is 1. The van der Waals surface area contributed by atoms with Gasteiger partial charge < -0.3 is 14.8 Å². The molecule has 2 aromatic carbocycles. The number of carbonyl (C=O) groups excluding carboxylic acids is 1. The van der Waals surface area contributed by atoms with E-state index in [4.69, 9.17) is 9.47 Å². The first-order chi connectivity index (χ1) is 14.6. The summed E-state index contributed by atoms with van der Waals surface area (Å²) in [6, 6.07) is 13.8. The fourth-order valence-corrected chi connectivity index (χ4v) is 3.76. The molecule has 2 heterocycles. The minimum Gasteiger partial charge on any atom is -0.495 e. The maximum absolute atomic E-state index is 13.2. The minimum atomic E-state index is -0.524. The lowest BCUT2D eigenvalue weighted by Gasteiger charge is -2.16. The molecule has 1 fully saturated rings. The molecule has 1 aromatic heterocycles. The van der Waals surface area contributed by atoms with E-state index in [2.05, 4.69) is 5.32 Å². The fourth-order valence-electron chi connectivity index (χ4n) is 3.76. The van der Waals surface area contributed by atoms with Crippen LogP contribution in [0.25, 0.3) is 10.9 Å². The summed E-state index contributed by atoms with van der Waals surface area (Å²) in [4.78, 5) is 38.8. The van der Waals surface area contributed by atoms with Gasteiger partial charge in [-0.1, -0.05) is 24.3 Å². The molecule has 8 heteroatoms. The maximum atomic E-state index is 13.2. The van der Waals surface area contributed by atoms with Crippen molar-refractivity contribution in [2.75, 3.05) is 19.0 Å². The van der Waals surface area contributed by atoms with Crippen molar-refractivity contribution in [3.8, 4) is 5.75 Å². The molecule has 0 spiro atoms. The summed E-state index contributed by atoms with van der Waals surface area (Å²) in [5.74, 6) is 0.125. The number of methoxy groups -OCH3 is 1. The molecule has 0 saturated carbocycles. The van der Waals surface area contributed by atoms with E-state index in [-0.39, 0.29) is 24.8 Å². The van der Waals surface area contributed by atoms with Crippen molar-refractivity contribution in [1.29, 1.82) is 0 Å². The smallest absolute Gasteiger partial charge is 0.332 e. The SMILES string of the molecule is COc1ccccc1NC(=O)Cn1c(=O)n(C[C@@H]2CCCO2)c(=O)c2ccccc21. The number of hydrogen-bond acceptors (Lipinski definition) is 5. The zero-order valence-electron chi connectivity index (χ0n) is 16.7. The van der Waals surface area contributed by atoms with Gasteiger partial charge in [0.25, 0.3) is 5.56 Å². The van der Waals surface area contributed by atoms with Crippen molar-refractivity contribution >= 4 is 22.5 Å². The first-order valence-electron chi connectivity index (χ1n) is 9.85. The van der Waals surface area contributed by atoms with Crippen LogP contribution in [0.1, 0.15) is 12.8 Å². The molecule has 1 aliphatic heterocycles. The van der Waals surface area contributed by atoms with E-state index >= 15 is 0 Å². The zero-order chi connectivity index (χ0) is 21.1. The van der Waals surface area contributed by atoms with Crippen molar-refractivity contribution in [1.82, 2.24) is 9.13 Å². The molecular weight excluding hydrogens is 386 g/mol. The van der Waals surface area contributed by atoms with Crippen LogP contribution in [0.4, 0.5) is 5.69 Å². The first-order valence-corrected chi connectivity index (χ1v) is 9.85. The largest absolute Gasteiger partial charge is 0.495 e. The van der Waals surface area contributed by atoms with E-state index in [1.165, 1.54) is 16.2 Å². The van der Waals surface area contributed by atoms with E-state index < -0.39 is 11.6 Å². The van der Waals surface area contributed by atoms with Gasteiger partial charge in [0.15, 0.2) is 0 Å². The molecule has 1 N–H and O–H groups in total. The third kappa shape index (κ3) is 3.86. The predicted octanol–water partition coefficient (Wildman–Crippen LogP) is 1.99. The van der Waals surface area contributed by atoms with Gasteiger partial charge in [0.1, 0.15) is 12.3 Å². The van der Waals surface area contributed by atoms with E-state index in [9.17, 15) is 14.4 Å². The molecule has 4 rings (SSSR count). The highest BCUT2D eigenvalue weighted by Gasteiger charge is 2.21. The maximum Gasteiger partial charge on any atom is 0.332 e. The van der Waals surface area contributed by atoms with Crippen LogP contribution in [-0.2, 0) is 22.6 Å². The molecule has 1 saturated heterocycles. The number of aromatic nitrogens is 2. The number of para-hydroxylation sites is 3. The molecule has 0 radical (unpaired) electrons. The number of amides is 1. The van der Waals surface area contributed by atoms with Crippen molar-refractivity contribution in [3.63, 3.8) is 0 Å². The first kappa shape index (κ1) is 19.9. The number of benzene rings is 2. The Hall–Kier alpha value is -3.39. The van der Waals surface area contributed by atoms with E-state index in [1.807, 2.05) is 0 Å². The molecule has 1 amide bonds. The third-order valence-corrected chi connectivity index (χ3v) is 5.23. The summed E-state index contributed by atoms with van der Waals surface area (Å²) in [5, 5.41) is 3.16. The van der Waals surface area contributed by atoms with Crippen molar-refractivity contribution in [2.45, 2.75) is 32.0 Å². The molecule has 1 atom stereocenters. The van der Waals surface area contributed by atoms with Gasteiger partial charge in [-0.15, -0.1) is 0 Å². The van der Waals surface area contributed by atoms with E-state index in [0.29, 0.717) is 28.9 Å². The molecule has 156 valence electrons. The average Bonchev–Trinajstić information content (AvgIpc) is 3.28. The Labute approximate surface area is 172 Å². The summed E-state index contributed by atoms with van der Waals surface area (Å²) < 4.78 is 13.4. The fraction of sp³-hybridized carbons (Fsp3) is 0.318. The van der Waals surface area contributed by atoms with Gasteiger partial charge in [0, 0.05) is 6.61 Å². The second-order valence-corrected chi connectivity index (χ2v) is 7.19. The molecule has 1 aliphatic rings. The Morgan fingerprint density at radius 3 is 2.67 bits per heavy atom. The second-order valence-electron chi connectivity index (χ2n) is 7.19. The molecule has 3 aromatic rings. The highest BCUT2D eigenvalue weighted by atomic mass is 16.5. The lowest BCUT2D eigenvalue weighted by atomic mass is 10.2. The lowest BCUT2D eigenvalue weighted by Crippen LogP contribution is -2.43. The Morgan fingerprint density at radius 1 is 1.13 bits per heavy atom. The summed E-state index contributed by atoms with van der Waals surface area (Å²) in [6.07, 6.45) is 1.53. The molecule has 30 heavy (non-hydrogen) atoms.